The summed E-state index contributed by atoms with van der Waals surface area (Å²) >= 11 is 1.95. The van der Waals surface area contributed by atoms with E-state index >= 15 is 0 Å². The largest absolute Gasteiger partial charge is 0.468 e. The highest BCUT2D eigenvalue weighted by molar-refractivity contribution is 14.1. The monoisotopic (exact) mass is 383 g/mol. The summed E-state index contributed by atoms with van der Waals surface area (Å²) in [5.41, 5.74) is 0.581. The highest BCUT2D eigenvalue weighted by atomic mass is 127. The lowest BCUT2D eigenvalue weighted by Crippen LogP contribution is -2.33. The quantitative estimate of drug-likeness (QED) is 0.502. The van der Waals surface area contributed by atoms with Gasteiger partial charge in [0.15, 0.2) is 0 Å². The SMILES string of the molecule is COC(=O)C(I)CNC(=O)c1ccc2ccccc2c1. The third kappa shape index (κ3) is 3.47. The lowest BCUT2D eigenvalue weighted by Gasteiger charge is -2.09. The molecule has 0 radical (unpaired) electrons. The van der Waals surface area contributed by atoms with E-state index < -0.39 is 0 Å². The van der Waals surface area contributed by atoms with Gasteiger partial charge in [-0.25, -0.2) is 0 Å². The van der Waals surface area contributed by atoms with Crippen molar-refractivity contribution in [2.24, 2.45) is 0 Å². The maximum atomic E-state index is 12.0. The number of amides is 1. The summed E-state index contributed by atoms with van der Waals surface area (Å²) in [6, 6.07) is 13.4. The van der Waals surface area contributed by atoms with Gasteiger partial charge >= 0.3 is 5.97 Å². The molecule has 2 aromatic rings. The average Bonchev–Trinajstić information content (AvgIpc) is 2.50. The van der Waals surface area contributed by atoms with Crippen molar-refractivity contribution in [3.63, 3.8) is 0 Å². The molecule has 0 aliphatic carbocycles. The molecular weight excluding hydrogens is 369 g/mol. The smallest absolute Gasteiger partial charge is 0.320 e. The highest BCUT2D eigenvalue weighted by Gasteiger charge is 2.16. The fourth-order valence-electron chi connectivity index (χ4n) is 1.83. The summed E-state index contributed by atoms with van der Waals surface area (Å²) in [6.45, 7) is 0.249. The third-order valence-electron chi connectivity index (χ3n) is 2.91. The molecule has 1 N–H and O–H groups in total. The summed E-state index contributed by atoms with van der Waals surface area (Å²) in [5.74, 6) is -0.536. The number of nitrogens with one attached hydrogen (secondary N) is 1. The number of methoxy groups -OCH3 is 1. The lowest BCUT2D eigenvalue weighted by atomic mass is 10.1. The molecule has 0 spiro atoms. The zero-order chi connectivity index (χ0) is 14.5. The number of halogens is 1. The van der Waals surface area contributed by atoms with Gasteiger partial charge in [0.25, 0.3) is 5.91 Å². The van der Waals surface area contributed by atoms with E-state index in [1.807, 2.05) is 59.0 Å². The molecule has 1 unspecified atom stereocenters. The van der Waals surface area contributed by atoms with Gasteiger partial charge in [-0.15, -0.1) is 0 Å². The van der Waals surface area contributed by atoms with Crippen LogP contribution < -0.4 is 5.32 Å². The molecule has 0 aliphatic heterocycles. The minimum Gasteiger partial charge on any atom is -0.468 e. The molecule has 2 aromatic carbocycles. The molecule has 0 aliphatic rings. The van der Waals surface area contributed by atoms with Crippen LogP contribution in [0.5, 0.6) is 0 Å². The predicted octanol–water partition coefficient (Wildman–Crippen LogP) is 2.55. The number of esters is 1. The van der Waals surface area contributed by atoms with Crippen LogP contribution in [0.2, 0.25) is 0 Å². The maximum absolute atomic E-state index is 12.0. The number of carbonyl (C=O) groups excluding carboxylic acids is 2. The highest BCUT2D eigenvalue weighted by Crippen LogP contribution is 2.15. The first-order valence-electron chi connectivity index (χ1n) is 6.10. The zero-order valence-electron chi connectivity index (χ0n) is 10.9. The normalized spacial score (nSPS) is 11.9. The van der Waals surface area contributed by atoms with E-state index in [-0.39, 0.29) is 22.3 Å². The van der Waals surface area contributed by atoms with Crippen LogP contribution in [-0.4, -0.2) is 29.5 Å². The summed E-state index contributed by atoms with van der Waals surface area (Å²) in [4.78, 5) is 23.3. The van der Waals surface area contributed by atoms with Gasteiger partial charge in [-0.05, 0) is 22.9 Å². The Bertz CT molecular complexity index is 642. The Morgan fingerprint density at radius 2 is 1.90 bits per heavy atom. The molecule has 2 rings (SSSR count). The molecular formula is C15H14INO3. The Kier molecular flexibility index (Phi) is 4.94. The van der Waals surface area contributed by atoms with Gasteiger partial charge in [-0.1, -0.05) is 52.9 Å². The number of rotatable bonds is 4. The first-order chi connectivity index (χ1) is 9.61. The summed E-state index contributed by atoms with van der Waals surface area (Å²) in [7, 11) is 1.33. The van der Waals surface area contributed by atoms with E-state index in [0.717, 1.165) is 10.8 Å². The third-order valence-corrected chi connectivity index (χ3v) is 3.86. The second kappa shape index (κ2) is 6.69. The molecule has 0 heterocycles. The van der Waals surface area contributed by atoms with Gasteiger partial charge in [0.2, 0.25) is 0 Å². The zero-order valence-corrected chi connectivity index (χ0v) is 13.1. The molecule has 0 saturated heterocycles. The van der Waals surface area contributed by atoms with E-state index in [2.05, 4.69) is 10.1 Å². The number of ether oxygens (including phenoxy) is 1. The van der Waals surface area contributed by atoms with Crippen LogP contribution in [0.3, 0.4) is 0 Å². The Morgan fingerprint density at radius 3 is 2.60 bits per heavy atom. The number of benzene rings is 2. The fourth-order valence-corrected chi connectivity index (χ4v) is 2.30. The molecule has 1 atom stereocenters. The van der Waals surface area contributed by atoms with Gasteiger partial charge in [0.1, 0.15) is 3.92 Å². The molecule has 104 valence electrons. The van der Waals surface area contributed by atoms with Gasteiger partial charge < -0.3 is 10.1 Å². The molecule has 4 nitrogen and oxygen atoms in total. The summed E-state index contributed by atoms with van der Waals surface area (Å²) in [5, 5.41) is 4.83. The fraction of sp³-hybridized carbons (Fsp3) is 0.200. The molecule has 0 bridgehead atoms. The van der Waals surface area contributed by atoms with Crippen molar-refractivity contribution < 1.29 is 14.3 Å². The van der Waals surface area contributed by atoms with Crippen LogP contribution >= 0.6 is 22.6 Å². The average molecular weight is 383 g/mol. The summed E-state index contributed by atoms with van der Waals surface area (Å²) in [6.07, 6.45) is 0. The minimum absolute atomic E-state index is 0.193. The molecule has 0 aromatic heterocycles. The van der Waals surface area contributed by atoms with Crippen LogP contribution in [0.25, 0.3) is 10.8 Å². The van der Waals surface area contributed by atoms with E-state index in [1.165, 1.54) is 7.11 Å². The first-order valence-corrected chi connectivity index (χ1v) is 7.35. The van der Waals surface area contributed by atoms with E-state index in [0.29, 0.717) is 5.56 Å². The minimum atomic E-state index is -0.387. The molecule has 5 heteroatoms. The maximum Gasteiger partial charge on any atom is 0.320 e. The van der Waals surface area contributed by atoms with Crippen molar-refractivity contribution in [2.45, 2.75) is 3.92 Å². The van der Waals surface area contributed by atoms with E-state index in [4.69, 9.17) is 0 Å². The van der Waals surface area contributed by atoms with E-state index in [9.17, 15) is 9.59 Å². The Balaban J connectivity index is 2.06. The van der Waals surface area contributed by atoms with Crippen LogP contribution in [0.1, 0.15) is 10.4 Å². The van der Waals surface area contributed by atoms with Crippen molar-refractivity contribution in [1.29, 1.82) is 0 Å². The lowest BCUT2D eigenvalue weighted by molar-refractivity contribution is -0.139. The van der Waals surface area contributed by atoms with Crippen LogP contribution in [0, 0.1) is 0 Å². The van der Waals surface area contributed by atoms with Gasteiger partial charge in [-0.3, -0.25) is 9.59 Å². The van der Waals surface area contributed by atoms with Gasteiger partial charge in [-0.2, -0.15) is 0 Å². The molecule has 0 fully saturated rings. The number of carbonyl (C=O) groups is 2. The van der Waals surface area contributed by atoms with Crippen LogP contribution in [-0.2, 0) is 9.53 Å². The van der Waals surface area contributed by atoms with Crippen molar-refractivity contribution in [3.05, 3.63) is 48.0 Å². The number of hydrogen-bond acceptors (Lipinski definition) is 3. The molecule has 0 saturated carbocycles. The summed E-state index contributed by atoms with van der Waals surface area (Å²) < 4.78 is 4.22. The van der Waals surface area contributed by atoms with Crippen molar-refractivity contribution in [3.8, 4) is 0 Å². The molecule has 20 heavy (non-hydrogen) atoms. The van der Waals surface area contributed by atoms with Gasteiger partial charge in [0, 0.05) is 12.1 Å². The topological polar surface area (TPSA) is 55.4 Å². The van der Waals surface area contributed by atoms with Crippen LogP contribution in [0.4, 0.5) is 0 Å². The van der Waals surface area contributed by atoms with Gasteiger partial charge in [0.05, 0.1) is 7.11 Å². The van der Waals surface area contributed by atoms with Crippen LogP contribution in [0.15, 0.2) is 42.5 Å². The van der Waals surface area contributed by atoms with Crippen molar-refractivity contribution >= 4 is 45.2 Å². The Labute approximate surface area is 130 Å². The second-order valence-electron chi connectivity index (χ2n) is 4.26. The number of alkyl halides is 1. The number of hydrogen-bond donors (Lipinski definition) is 1. The first kappa shape index (κ1) is 14.8. The van der Waals surface area contributed by atoms with Crippen molar-refractivity contribution in [1.82, 2.24) is 5.32 Å². The Morgan fingerprint density at radius 1 is 1.20 bits per heavy atom. The standard InChI is InChI=1S/C15H14INO3/c1-20-15(19)13(16)9-17-14(18)12-7-6-10-4-2-3-5-11(10)8-12/h2-8,13H,9H2,1H3,(H,17,18). The second-order valence-corrected chi connectivity index (χ2v) is 5.77. The van der Waals surface area contributed by atoms with E-state index in [1.54, 1.807) is 6.07 Å². The molecule has 1 amide bonds. The number of fused-ring (bicyclic) bond motifs is 1. The predicted molar refractivity (Wildman–Crippen MR) is 86.1 cm³/mol. The van der Waals surface area contributed by atoms with Crippen molar-refractivity contribution in [2.75, 3.05) is 13.7 Å². The Hall–Kier alpha value is -1.63.